The van der Waals surface area contributed by atoms with E-state index in [9.17, 15) is 23.2 Å². The number of carbonyl (C=O) groups is 1. The number of aromatic nitrogens is 3. The lowest BCUT2D eigenvalue weighted by molar-refractivity contribution is -0.336. The lowest BCUT2D eigenvalue weighted by atomic mass is 9.98. The molecule has 0 bridgehead atoms. The lowest BCUT2D eigenvalue weighted by Gasteiger charge is -2.19. The zero-order valence-electron chi connectivity index (χ0n) is 17.5. The third kappa shape index (κ3) is 4.20. The molecule has 0 spiro atoms. The average Bonchev–Trinajstić information content (AvgIpc) is 3.48. The van der Waals surface area contributed by atoms with Gasteiger partial charge in [0, 0.05) is 52.2 Å². The Bertz CT molecular complexity index is 1390. The molecule has 3 aromatic rings. The third-order valence-electron chi connectivity index (χ3n) is 5.95. The number of carboxylic acids is 1. The summed E-state index contributed by atoms with van der Waals surface area (Å²) in [6.07, 6.45) is -2.97. The largest absolute Gasteiger partial charge is 0.523 e. The number of aryl methyl sites for hydroxylation is 1. The summed E-state index contributed by atoms with van der Waals surface area (Å²) in [6, 6.07) is 9.37. The van der Waals surface area contributed by atoms with Crippen molar-refractivity contribution >= 4 is 22.4 Å². The number of alkyl halides is 3. The van der Waals surface area contributed by atoms with Crippen LogP contribution in [0, 0.1) is 11.3 Å². The molecule has 1 aliphatic carbocycles. The highest BCUT2D eigenvalue weighted by molar-refractivity contribution is 5.86. The molecule has 174 valence electrons. The first kappa shape index (κ1) is 21.9. The molecular weight excluding hydrogens is 453 g/mol. The number of hydrogen-bond donors (Lipinski definition) is 1. The molecule has 1 aliphatic heterocycles. The van der Waals surface area contributed by atoms with E-state index >= 15 is 0 Å². The fraction of sp³-hybridized carbons (Fsp3) is 0.304. The quantitative estimate of drug-likeness (QED) is 0.570. The van der Waals surface area contributed by atoms with Gasteiger partial charge >= 0.3 is 12.3 Å². The van der Waals surface area contributed by atoms with Gasteiger partial charge < -0.3 is 14.2 Å². The van der Waals surface area contributed by atoms with Gasteiger partial charge in [0.15, 0.2) is 0 Å². The van der Waals surface area contributed by atoms with E-state index in [2.05, 4.69) is 19.4 Å². The van der Waals surface area contributed by atoms with Crippen LogP contribution in [0.3, 0.4) is 0 Å². The van der Waals surface area contributed by atoms with Crippen LogP contribution in [0.1, 0.15) is 36.8 Å². The first-order valence-electron chi connectivity index (χ1n) is 10.5. The van der Waals surface area contributed by atoms with Gasteiger partial charge in [0.25, 0.3) is 5.89 Å². The molecule has 2 aliphatic rings. The highest BCUT2D eigenvalue weighted by Crippen LogP contribution is 2.37. The lowest BCUT2D eigenvalue weighted by Crippen LogP contribution is -2.24. The molecule has 1 aromatic carbocycles. The first-order valence-corrected chi connectivity index (χ1v) is 10.5. The van der Waals surface area contributed by atoms with Crippen LogP contribution in [0.25, 0.3) is 27.9 Å². The maximum absolute atomic E-state index is 12.7. The van der Waals surface area contributed by atoms with Crippen molar-refractivity contribution in [3.8, 4) is 17.5 Å². The first-order chi connectivity index (χ1) is 16.2. The SMILES string of the molecule is N#CC1=CC(c2nc(-c3ccc4c(c3)cc3n4CCC3CC(=O)O)no2)=CC(OC(F)(F)F)C1. The van der Waals surface area contributed by atoms with Crippen LogP contribution in [-0.2, 0) is 16.1 Å². The van der Waals surface area contributed by atoms with Crippen LogP contribution in [0.2, 0.25) is 0 Å². The Balaban J connectivity index is 1.44. The number of halogens is 3. The Morgan fingerprint density at radius 3 is 2.91 bits per heavy atom. The maximum atomic E-state index is 12.7. The van der Waals surface area contributed by atoms with Crippen LogP contribution in [0.5, 0.6) is 0 Å². The van der Waals surface area contributed by atoms with Crippen molar-refractivity contribution in [2.24, 2.45) is 0 Å². The van der Waals surface area contributed by atoms with Crippen molar-refractivity contribution in [1.29, 1.82) is 5.26 Å². The van der Waals surface area contributed by atoms with Crippen molar-refractivity contribution in [3.63, 3.8) is 0 Å². The molecule has 1 N–H and O–H groups in total. The van der Waals surface area contributed by atoms with Gasteiger partial charge in [-0.25, -0.2) is 0 Å². The molecule has 5 rings (SSSR count). The van der Waals surface area contributed by atoms with Gasteiger partial charge in [0.2, 0.25) is 5.82 Å². The predicted molar refractivity (Wildman–Crippen MR) is 112 cm³/mol. The zero-order chi connectivity index (χ0) is 24.0. The van der Waals surface area contributed by atoms with E-state index in [0.29, 0.717) is 5.56 Å². The van der Waals surface area contributed by atoms with E-state index < -0.39 is 18.4 Å². The van der Waals surface area contributed by atoms with Gasteiger partial charge in [0.05, 0.1) is 18.6 Å². The van der Waals surface area contributed by atoms with E-state index in [0.717, 1.165) is 29.6 Å². The predicted octanol–water partition coefficient (Wildman–Crippen LogP) is 4.80. The maximum Gasteiger partial charge on any atom is 0.523 e. The van der Waals surface area contributed by atoms with Gasteiger partial charge in [-0.1, -0.05) is 5.16 Å². The number of benzene rings is 1. The van der Waals surface area contributed by atoms with E-state index in [1.54, 1.807) is 6.07 Å². The Kier molecular flexibility index (Phi) is 5.25. The molecule has 0 fully saturated rings. The second-order valence-corrected chi connectivity index (χ2v) is 8.21. The number of rotatable bonds is 5. The van der Waals surface area contributed by atoms with Crippen LogP contribution in [0.15, 0.2) is 46.5 Å². The van der Waals surface area contributed by atoms with Crippen molar-refractivity contribution in [3.05, 3.63) is 53.6 Å². The van der Waals surface area contributed by atoms with Crippen molar-refractivity contribution in [2.45, 2.75) is 44.2 Å². The average molecular weight is 470 g/mol. The summed E-state index contributed by atoms with van der Waals surface area (Å²) < 4.78 is 49.4. The number of fused-ring (bicyclic) bond motifs is 3. The fourth-order valence-electron chi connectivity index (χ4n) is 4.56. The Morgan fingerprint density at radius 1 is 1.35 bits per heavy atom. The number of aliphatic carboxylic acids is 1. The minimum absolute atomic E-state index is 0.0285. The highest BCUT2D eigenvalue weighted by atomic mass is 19.4. The van der Waals surface area contributed by atoms with Crippen LogP contribution >= 0.6 is 0 Å². The standard InChI is InChI=1S/C23H17F3N4O4/c24-23(25,26)33-17-6-12(11-27)5-16(8-17)22-28-21(29-34-22)14-1-2-18-15(7-14)9-19-13(10-20(31)32)3-4-30(18)19/h1-2,5,7-9,13,17H,3-4,6,10H2,(H,31,32). The summed E-state index contributed by atoms with van der Waals surface area (Å²) >= 11 is 0. The normalized spacial score (nSPS) is 20.1. The van der Waals surface area contributed by atoms with Gasteiger partial charge in [0.1, 0.15) is 0 Å². The Hall–Kier alpha value is -3.91. The number of hydrogen-bond acceptors (Lipinski definition) is 6. The topological polar surface area (TPSA) is 114 Å². The second-order valence-electron chi connectivity index (χ2n) is 8.21. The second kappa shape index (κ2) is 8.14. The van der Waals surface area contributed by atoms with Gasteiger partial charge in [-0.2, -0.15) is 10.2 Å². The molecule has 0 saturated heterocycles. The highest BCUT2D eigenvalue weighted by Gasteiger charge is 2.35. The molecule has 3 heterocycles. The zero-order valence-corrected chi connectivity index (χ0v) is 17.5. The van der Waals surface area contributed by atoms with E-state index in [-0.39, 0.29) is 41.6 Å². The van der Waals surface area contributed by atoms with Gasteiger partial charge in [-0.15, -0.1) is 13.2 Å². The Morgan fingerprint density at radius 2 is 2.18 bits per heavy atom. The molecule has 0 radical (unpaired) electrons. The molecule has 0 amide bonds. The number of allylic oxidation sites excluding steroid dienone is 2. The van der Waals surface area contributed by atoms with Crippen molar-refractivity contribution in [1.82, 2.24) is 14.7 Å². The molecule has 8 nitrogen and oxygen atoms in total. The monoisotopic (exact) mass is 470 g/mol. The summed E-state index contributed by atoms with van der Waals surface area (Å²) in [5.41, 5.74) is 2.86. The molecule has 11 heteroatoms. The molecular formula is C23H17F3N4O4. The Labute approximate surface area is 190 Å². The summed E-state index contributed by atoms with van der Waals surface area (Å²) in [6.45, 7) is 0.741. The van der Waals surface area contributed by atoms with Crippen molar-refractivity contribution < 1.29 is 32.3 Å². The number of carboxylic acid groups (broad SMARTS) is 1. The molecule has 34 heavy (non-hydrogen) atoms. The van der Waals surface area contributed by atoms with E-state index in [1.807, 2.05) is 24.3 Å². The molecule has 0 saturated carbocycles. The minimum Gasteiger partial charge on any atom is -0.481 e. The van der Waals surface area contributed by atoms with E-state index in [4.69, 9.17) is 9.63 Å². The number of nitrogens with zero attached hydrogens (tertiary/aromatic N) is 4. The summed E-state index contributed by atoms with van der Waals surface area (Å²) in [5, 5.41) is 23.2. The van der Waals surface area contributed by atoms with E-state index in [1.165, 1.54) is 12.2 Å². The summed E-state index contributed by atoms with van der Waals surface area (Å²) in [4.78, 5) is 15.5. The third-order valence-corrected chi connectivity index (χ3v) is 5.95. The molecule has 2 aromatic heterocycles. The van der Waals surface area contributed by atoms with Gasteiger partial charge in [-0.3, -0.25) is 9.53 Å². The van der Waals surface area contributed by atoms with Crippen molar-refractivity contribution in [2.75, 3.05) is 0 Å². The summed E-state index contributed by atoms with van der Waals surface area (Å²) in [5.74, 6) is -0.676. The number of nitriles is 1. The minimum atomic E-state index is -4.85. The van der Waals surface area contributed by atoms with Crippen LogP contribution in [0.4, 0.5) is 13.2 Å². The van der Waals surface area contributed by atoms with Crippen LogP contribution < -0.4 is 0 Å². The fourth-order valence-corrected chi connectivity index (χ4v) is 4.56. The molecule has 2 unspecified atom stereocenters. The number of ether oxygens (including phenoxy) is 1. The summed E-state index contributed by atoms with van der Waals surface area (Å²) in [7, 11) is 0. The smallest absolute Gasteiger partial charge is 0.481 e. The van der Waals surface area contributed by atoms with Gasteiger partial charge in [-0.05, 0) is 42.8 Å². The van der Waals surface area contributed by atoms with Crippen LogP contribution in [-0.4, -0.2) is 38.2 Å². The molecule has 2 atom stereocenters.